The van der Waals surface area contributed by atoms with E-state index in [9.17, 15) is 0 Å². The van der Waals surface area contributed by atoms with Crippen molar-refractivity contribution in [2.45, 2.75) is 38.3 Å². The highest BCUT2D eigenvalue weighted by atomic mass is 32.1. The summed E-state index contributed by atoms with van der Waals surface area (Å²) in [6.07, 6.45) is 3.43. The molecule has 0 bridgehead atoms. The van der Waals surface area contributed by atoms with Crippen LogP contribution in [0.4, 0.5) is 0 Å². The maximum absolute atomic E-state index is 5.97. The average molecular weight is 288 g/mol. The zero-order valence-electron chi connectivity index (χ0n) is 11.8. The fraction of sp³-hybridized carbons (Fsp3) is 0.438. The Morgan fingerprint density at radius 1 is 1.40 bits per heavy atom. The van der Waals surface area contributed by atoms with Gasteiger partial charge in [-0.3, -0.25) is 0 Å². The summed E-state index contributed by atoms with van der Waals surface area (Å²) < 4.78 is 5.97. The van der Waals surface area contributed by atoms with E-state index in [-0.39, 0.29) is 5.60 Å². The summed E-state index contributed by atoms with van der Waals surface area (Å²) in [5.74, 6) is 0. The van der Waals surface area contributed by atoms with Gasteiger partial charge < -0.3 is 10.5 Å². The van der Waals surface area contributed by atoms with E-state index >= 15 is 0 Å². The number of nitrogens with two attached hydrogens (primary N) is 1. The van der Waals surface area contributed by atoms with Gasteiger partial charge >= 0.3 is 0 Å². The van der Waals surface area contributed by atoms with E-state index in [0.717, 1.165) is 41.3 Å². The lowest BCUT2D eigenvalue weighted by Gasteiger charge is -2.31. The third-order valence-corrected chi connectivity index (χ3v) is 4.97. The van der Waals surface area contributed by atoms with Gasteiger partial charge in [0.2, 0.25) is 0 Å². The molecule has 2 heterocycles. The van der Waals surface area contributed by atoms with Crippen molar-refractivity contribution in [3.8, 4) is 11.3 Å². The van der Waals surface area contributed by atoms with E-state index < -0.39 is 0 Å². The van der Waals surface area contributed by atoms with Crippen LogP contribution in [0.2, 0.25) is 0 Å². The average Bonchev–Trinajstić information content (AvgIpc) is 2.99. The van der Waals surface area contributed by atoms with Crippen LogP contribution in [0.15, 0.2) is 29.6 Å². The highest BCUT2D eigenvalue weighted by Crippen LogP contribution is 2.37. The van der Waals surface area contributed by atoms with Gasteiger partial charge in [-0.05, 0) is 37.8 Å². The molecule has 0 amide bonds. The van der Waals surface area contributed by atoms with Gasteiger partial charge in [0.1, 0.15) is 10.6 Å². The van der Waals surface area contributed by atoms with Crippen molar-refractivity contribution in [3.63, 3.8) is 0 Å². The SMILES string of the molecule is CC1(c2nc(-c3cccc(CN)c3)cs2)CCCCO1. The van der Waals surface area contributed by atoms with Crippen molar-refractivity contribution in [2.75, 3.05) is 6.61 Å². The van der Waals surface area contributed by atoms with Gasteiger partial charge in [-0.1, -0.05) is 18.2 Å². The normalized spacial score (nSPS) is 22.9. The Morgan fingerprint density at radius 3 is 3.05 bits per heavy atom. The van der Waals surface area contributed by atoms with Crippen LogP contribution in [0, 0.1) is 0 Å². The summed E-state index contributed by atoms with van der Waals surface area (Å²) in [5.41, 5.74) is 8.79. The number of ether oxygens (including phenoxy) is 1. The molecular weight excluding hydrogens is 268 g/mol. The van der Waals surface area contributed by atoms with E-state index in [0.29, 0.717) is 6.54 Å². The fourth-order valence-electron chi connectivity index (χ4n) is 2.61. The Morgan fingerprint density at radius 2 is 2.30 bits per heavy atom. The molecule has 3 rings (SSSR count). The van der Waals surface area contributed by atoms with Gasteiger partial charge in [0.25, 0.3) is 0 Å². The first-order chi connectivity index (χ1) is 9.71. The van der Waals surface area contributed by atoms with Gasteiger partial charge in [0.15, 0.2) is 0 Å². The number of hydrogen-bond donors (Lipinski definition) is 1. The van der Waals surface area contributed by atoms with Crippen molar-refractivity contribution in [3.05, 3.63) is 40.2 Å². The molecule has 1 aromatic carbocycles. The molecule has 0 aliphatic carbocycles. The topological polar surface area (TPSA) is 48.1 Å². The first-order valence-electron chi connectivity index (χ1n) is 7.11. The zero-order chi connectivity index (χ0) is 14.0. The predicted octanol–water partition coefficient (Wildman–Crippen LogP) is 3.68. The van der Waals surface area contributed by atoms with Crippen LogP contribution in [0.5, 0.6) is 0 Å². The minimum atomic E-state index is -0.202. The van der Waals surface area contributed by atoms with Crippen molar-refractivity contribution in [2.24, 2.45) is 5.73 Å². The lowest BCUT2D eigenvalue weighted by atomic mass is 9.97. The number of nitrogens with zero attached hydrogens (tertiary/aromatic N) is 1. The number of rotatable bonds is 3. The second-order valence-corrected chi connectivity index (χ2v) is 6.34. The summed E-state index contributed by atoms with van der Waals surface area (Å²) in [6.45, 7) is 3.56. The molecule has 3 nitrogen and oxygen atoms in total. The summed E-state index contributed by atoms with van der Waals surface area (Å²) in [5, 5.41) is 3.21. The molecule has 4 heteroatoms. The molecule has 1 aromatic heterocycles. The smallest absolute Gasteiger partial charge is 0.125 e. The molecular formula is C16H20N2OS. The molecule has 106 valence electrons. The van der Waals surface area contributed by atoms with Gasteiger partial charge in [-0.15, -0.1) is 11.3 Å². The van der Waals surface area contributed by atoms with Gasteiger partial charge in [0, 0.05) is 24.1 Å². The van der Waals surface area contributed by atoms with E-state index in [1.54, 1.807) is 11.3 Å². The summed E-state index contributed by atoms with van der Waals surface area (Å²) in [6, 6.07) is 8.28. The van der Waals surface area contributed by atoms with Crippen molar-refractivity contribution in [1.82, 2.24) is 4.98 Å². The minimum absolute atomic E-state index is 0.202. The zero-order valence-corrected chi connectivity index (χ0v) is 12.6. The van der Waals surface area contributed by atoms with E-state index in [1.807, 2.05) is 12.1 Å². The van der Waals surface area contributed by atoms with Crippen LogP contribution in [0.25, 0.3) is 11.3 Å². The standard InChI is InChI=1S/C16H20N2OS/c1-16(7-2-3-8-19-16)15-18-14(11-20-15)13-6-4-5-12(9-13)10-17/h4-6,9,11H,2-3,7-8,10,17H2,1H3. The lowest BCUT2D eigenvalue weighted by molar-refractivity contribution is -0.0701. The maximum Gasteiger partial charge on any atom is 0.125 e. The number of aromatic nitrogens is 1. The highest BCUT2D eigenvalue weighted by molar-refractivity contribution is 7.10. The van der Waals surface area contributed by atoms with Crippen LogP contribution in [0.3, 0.4) is 0 Å². The van der Waals surface area contributed by atoms with Crippen LogP contribution < -0.4 is 5.73 Å². The minimum Gasteiger partial charge on any atom is -0.368 e. The fourth-order valence-corrected chi connectivity index (χ4v) is 3.58. The molecule has 1 aliphatic heterocycles. The van der Waals surface area contributed by atoms with Gasteiger partial charge in [-0.2, -0.15) is 0 Å². The Hall–Kier alpha value is -1.23. The second-order valence-electron chi connectivity index (χ2n) is 5.48. The molecule has 0 radical (unpaired) electrons. The Labute approximate surface area is 123 Å². The molecule has 1 unspecified atom stereocenters. The van der Waals surface area contributed by atoms with E-state index in [4.69, 9.17) is 15.5 Å². The molecule has 0 spiro atoms. The van der Waals surface area contributed by atoms with Crippen LogP contribution in [0.1, 0.15) is 36.8 Å². The Balaban J connectivity index is 1.89. The predicted molar refractivity (Wildman–Crippen MR) is 82.6 cm³/mol. The van der Waals surface area contributed by atoms with Crippen molar-refractivity contribution < 1.29 is 4.74 Å². The molecule has 2 aromatic rings. The number of thiazole rings is 1. The van der Waals surface area contributed by atoms with Crippen molar-refractivity contribution >= 4 is 11.3 Å². The first kappa shape index (κ1) is 13.7. The van der Waals surface area contributed by atoms with Crippen molar-refractivity contribution in [1.29, 1.82) is 0 Å². The first-order valence-corrected chi connectivity index (χ1v) is 7.98. The third kappa shape index (κ3) is 2.64. The molecule has 0 saturated carbocycles. The van der Waals surface area contributed by atoms with Gasteiger partial charge in [-0.25, -0.2) is 4.98 Å². The monoisotopic (exact) mass is 288 g/mol. The number of benzene rings is 1. The number of hydrogen-bond acceptors (Lipinski definition) is 4. The Bertz CT molecular complexity index is 588. The lowest BCUT2D eigenvalue weighted by Crippen LogP contribution is -2.29. The molecule has 2 N–H and O–H groups in total. The van der Waals surface area contributed by atoms with E-state index in [1.165, 1.54) is 6.42 Å². The summed E-state index contributed by atoms with van der Waals surface area (Å²) >= 11 is 1.70. The second kappa shape index (κ2) is 5.64. The maximum atomic E-state index is 5.97. The summed E-state index contributed by atoms with van der Waals surface area (Å²) in [7, 11) is 0. The summed E-state index contributed by atoms with van der Waals surface area (Å²) in [4.78, 5) is 4.80. The highest BCUT2D eigenvalue weighted by Gasteiger charge is 2.33. The molecule has 1 fully saturated rings. The molecule has 20 heavy (non-hydrogen) atoms. The Kier molecular flexibility index (Phi) is 3.87. The largest absolute Gasteiger partial charge is 0.368 e. The van der Waals surface area contributed by atoms with Crippen LogP contribution >= 0.6 is 11.3 Å². The molecule has 1 atom stereocenters. The molecule has 1 aliphatic rings. The third-order valence-electron chi connectivity index (χ3n) is 3.88. The van der Waals surface area contributed by atoms with Gasteiger partial charge in [0.05, 0.1) is 5.69 Å². The molecule has 1 saturated heterocycles. The quantitative estimate of drug-likeness (QED) is 0.937. The van der Waals surface area contributed by atoms with Crippen LogP contribution in [-0.2, 0) is 16.9 Å². The van der Waals surface area contributed by atoms with E-state index in [2.05, 4.69) is 24.4 Å². The van der Waals surface area contributed by atoms with Crippen LogP contribution in [-0.4, -0.2) is 11.6 Å².